The highest BCUT2D eigenvalue weighted by Crippen LogP contribution is 2.32. The fourth-order valence-corrected chi connectivity index (χ4v) is 3.13. The summed E-state index contributed by atoms with van der Waals surface area (Å²) in [6.07, 6.45) is 0.0795. The average molecular weight is 303 g/mol. The molecule has 1 unspecified atom stereocenters. The summed E-state index contributed by atoms with van der Waals surface area (Å²) in [5, 5.41) is 7.24. The van der Waals surface area contributed by atoms with Crippen molar-refractivity contribution in [1.82, 2.24) is 4.90 Å². The van der Waals surface area contributed by atoms with Gasteiger partial charge < -0.3 is 0 Å². The number of nitriles is 1. The molecule has 0 aliphatic carbocycles. The summed E-state index contributed by atoms with van der Waals surface area (Å²) in [6.45, 7) is 1.40. The summed E-state index contributed by atoms with van der Waals surface area (Å²) in [6, 6.07) is 10.6. The molecule has 1 heterocycles. The minimum atomic E-state index is -0.906. The quantitative estimate of drug-likeness (QED) is 0.849. The summed E-state index contributed by atoms with van der Waals surface area (Å²) >= 11 is 0.797. The third kappa shape index (κ3) is 3.06. The summed E-state index contributed by atoms with van der Waals surface area (Å²) in [7, 11) is 0. The Morgan fingerprint density at radius 1 is 1.38 bits per heavy atom. The van der Waals surface area contributed by atoms with Crippen molar-refractivity contribution in [2.24, 2.45) is 0 Å². The van der Waals surface area contributed by atoms with Crippen LogP contribution < -0.4 is 4.90 Å². The van der Waals surface area contributed by atoms with Crippen LogP contribution in [0, 0.1) is 11.3 Å². The van der Waals surface area contributed by atoms with Crippen LogP contribution >= 0.6 is 11.8 Å². The summed E-state index contributed by atoms with van der Waals surface area (Å²) in [5.74, 6) is -0.777. The zero-order valence-corrected chi connectivity index (χ0v) is 12.2. The molecule has 1 aliphatic heterocycles. The third-order valence-corrected chi connectivity index (χ3v) is 4.02. The van der Waals surface area contributed by atoms with Crippen LogP contribution in [0.2, 0.25) is 0 Å². The highest BCUT2D eigenvalue weighted by atomic mass is 32.2. The maximum absolute atomic E-state index is 12.3. The first-order chi connectivity index (χ1) is 10.1. The van der Waals surface area contributed by atoms with E-state index in [1.807, 2.05) is 6.07 Å². The Bertz CT molecular complexity index is 612. The molecule has 2 rings (SSSR count). The molecule has 1 aromatic carbocycles. The number of benzene rings is 1. The molecule has 0 spiro atoms. The highest BCUT2D eigenvalue weighted by Gasteiger charge is 2.44. The van der Waals surface area contributed by atoms with Gasteiger partial charge in [-0.05, 0) is 23.9 Å². The molecule has 3 amide bonds. The maximum atomic E-state index is 12.3. The Morgan fingerprint density at radius 3 is 2.62 bits per heavy atom. The number of anilines is 1. The van der Waals surface area contributed by atoms with Gasteiger partial charge in [0, 0.05) is 19.2 Å². The van der Waals surface area contributed by atoms with E-state index in [0.29, 0.717) is 5.69 Å². The first-order valence-corrected chi connectivity index (χ1v) is 7.18. The maximum Gasteiger partial charge on any atom is 0.290 e. The van der Waals surface area contributed by atoms with Gasteiger partial charge in [0.25, 0.3) is 11.1 Å². The van der Waals surface area contributed by atoms with Gasteiger partial charge in [-0.1, -0.05) is 18.2 Å². The second-order valence-electron chi connectivity index (χ2n) is 4.36. The number of hydrogen-bond donors (Lipinski definition) is 0. The van der Waals surface area contributed by atoms with E-state index in [9.17, 15) is 14.4 Å². The number of para-hydroxylation sites is 1. The molecule has 0 radical (unpaired) electrons. The molecular formula is C14H13N3O3S. The third-order valence-electron chi connectivity index (χ3n) is 2.97. The smallest absolute Gasteiger partial charge is 0.290 e. The Morgan fingerprint density at radius 2 is 2.05 bits per heavy atom. The van der Waals surface area contributed by atoms with Gasteiger partial charge in [-0.25, -0.2) is 0 Å². The van der Waals surface area contributed by atoms with E-state index >= 15 is 0 Å². The Labute approximate surface area is 126 Å². The monoisotopic (exact) mass is 303 g/mol. The molecule has 1 fully saturated rings. The van der Waals surface area contributed by atoms with E-state index < -0.39 is 16.5 Å². The number of amides is 3. The predicted molar refractivity (Wildman–Crippen MR) is 78.3 cm³/mol. The molecule has 1 aliphatic rings. The summed E-state index contributed by atoms with van der Waals surface area (Å²) in [5.41, 5.74) is 0.561. The lowest BCUT2D eigenvalue weighted by molar-refractivity contribution is -0.128. The first kappa shape index (κ1) is 15.1. The molecule has 21 heavy (non-hydrogen) atoms. The van der Waals surface area contributed by atoms with Crippen molar-refractivity contribution in [3.63, 3.8) is 0 Å². The van der Waals surface area contributed by atoms with E-state index in [0.717, 1.165) is 16.7 Å². The zero-order valence-electron chi connectivity index (χ0n) is 11.4. The number of thioether (sulfide) groups is 1. The molecule has 0 N–H and O–H groups in total. The highest BCUT2D eigenvalue weighted by molar-refractivity contribution is 8.15. The largest absolute Gasteiger partial charge is 0.290 e. The molecule has 6 nitrogen and oxygen atoms in total. The molecule has 7 heteroatoms. The van der Waals surface area contributed by atoms with Crippen LogP contribution in [-0.2, 0) is 9.59 Å². The van der Waals surface area contributed by atoms with Crippen molar-refractivity contribution in [1.29, 1.82) is 5.26 Å². The van der Waals surface area contributed by atoms with E-state index in [1.165, 1.54) is 11.8 Å². The van der Waals surface area contributed by atoms with Crippen molar-refractivity contribution < 1.29 is 14.4 Å². The molecular weight excluding hydrogens is 290 g/mol. The molecule has 0 saturated carbocycles. The van der Waals surface area contributed by atoms with Gasteiger partial charge in [0.2, 0.25) is 5.91 Å². The minimum absolute atomic E-state index is 0.0538. The first-order valence-electron chi connectivity index (χ1n) is 6.30. The van der Waals surface area contributed by atoms with Crippen LogP contribution in [0.3, 0.4) is 0 Å². The number of hydrogen-bond acceptors (Lipinski definition) is 5. The predicted octanol–water partition coefficient (Wildman–Crippen LogP) is 1.97. The number of nitrogens with zero attached hydrogens (tertiary/aromatic N) is 3. The van der Waals surface area contributed by atoms with Crippen molar-refractivity contribution in [3.05, 3.63) is 30.3 Å². The molecule has 0 bridgehead atoms. The van der Waals surface area contributed by atoms with Gasteiger partial charge in [0.15, 0.2) is 5.37 Å². The molecule has 1 atom stereocenters. The number of rotatable bonds is 4. The fraction of sp³-hybridized carbons (Fsp3) is 0.286. The van der Waals surface area contributed by atoms with E-state index in [2.05, 4.69) is 0 Å². The average Bonchev–Trinajstić information content (AvgIpc) is 2.73. The molecule has 1 saturated heterocycles. The van der Waals surface area contributed by atoms with Crippen molar-refractivity contribution in [2.45, 2.75) is 18.7 Å². The fourth-order valence-electron chi connectivity index (χ4n) is 2.03. The normalized spacial score (nSPS) is 17.7. The van der Waals surface area contributed by atoms with Crippen LogP contribution in [-0.4, -0.2) is 33.9 Å². The Kier molecular flexibility index (Phi) is 4.60. The van der Waals surface area contributed by atoms with Crippen molar-refractivity contribution >= 4 is 34.5 Å². The van der Waals surface area contributed by atoms with E-state index in [1.54, 1.807) is 30.3 Å². The molecule has 108 valence electrons. The van der Waals surface area contributed by atoms with Gasteiger partial charge in [0.05, 0.1) is 12.5 Å². The van der Waals surface area contributed by atoms with E-state index in [-0.39, 0.29) is 18.9 Å². The van der Waals surface area contributed by atoms with Crippen molar-refractivity contribution in [3.8, 4) is 6.07 Å². The Balaban J connectivity index is 2.27. The van der Waals surface area contributed by atoms with Gasteiger partial charge in [0.1, 0.15) is 0 Å². The van der Waals surface area contributed by atoms with Gasteiger partial charge in [-0.2, -0.15) is 5.26 Å². The SMILES string of the molecule is CC(=O)N(c1ccccc1)C1SC(=O)N(CCC#N)C1=O. The van der Waals surface area contributed by atoms with Crippen LogP contribution in [0.25, 0.3) is 0 Å². The lowest BCUT2D eigenvalue weighted by atomic mass is 10.2. The van der Waals surface area contributed by atoms with Crippen LogP contribution in [0.15, 0.2) is 30.3 Å². The molecule has 0 aromatic heterocycles. The molecule has 1 aromatic rings. The van der Waals surface area contributed by atoms with Gasteiger partial charge >= 0.3 is 0 Å². The number of carbonyl (C=O) groups is 3. The standard InChI is InChI=1S/C14H13N3O3S/c1-10(18)17(11-6-3-2-4-7-11)13-12(19)16(9-5-8-15)14(20)21-13/h2-4,6-7,13H,5,9H2,1H3. The lowest BCUT2D eigenvalue weighted by Gasteiger charge is -2.25. The second kappa shape index (κ2) is 6.41. The van der Waals surface area contributed by atoms with Gasteiger partial charge in [-0.3, -0.25) is 24.2 Å². The lowest BCUT2D eigenvalue weighted by Crippen LogP contribution is -2.44. The van der Waals surface area contributed by atoms with E-state index in [4.69, 9.17) is 5.26 Å². The summed E-state index contributed by atoms with van der Waals surface area (Å²) < 4.78 is 0. The number of carbonyl (C=O) groups excluding carboxylic acids is 3. The second-order valence-corrected chi connectivity index (χ2v) is 5.39. The van der Waals surface area contributed by atoms with Gasteiger partial charge in [-0.15, -0.1) is 0 Å². The summed E-state index contributed by atoms with van der Waals surface area (Å²) in [4.78, 5) is 38.4. The topological polar surface area (TPSA) is 81.5 Å². The van der Waals surface area contributed by atoms with Crippen LogP contribution in [0.5, 0.6) is 0 Å². The minimum Gasteiger partial charge on any atom is -0.290 e. The Hall–Kier alpha value is -2.33. The van der Waals surface area contributed by atoms with Crippen molar-refractivity contribution in [2.75, 3.05) is 11.4 Å². The van der Waals surface area contributed by atoms with Crippen LogP contribution in [0.1, 0.15) is 13.3 Å². The van der Waals surface area contributed by atoms with Crippen LogP contribution in [0.4, 0.5) is 10.5 Å². The zero-order chi connectivity index (χ0) is 15.4. The number of imide groups is 1.